The Kier molecular flexibility index (Phi) is 6.18. The van der Waals surface area contributed by atoms with Crippen LogP contribution in [0.5, 0.6) is 11.5 Å². The van der Waals surface area contributed by atoms with Crippen molar-refractivity contribution in [3.8, 4) is 22.6 Å². The molecule has 3 atom stereocenters. The van der Waals surface area contributed by atoms with Crippen LogP contribution in [0.2, 0.25) is 0 Å². The maximum Gasteiger partial charge on any atom is 0.387 e. The van der Waals surface area contributed by atoms with Gasteiger partial charge in [0.15, 0.2) is 5.78 Å². The van der Waals surface area contributed by atoms with Crippen LogP contribution in [0.3, 0.4) is 0 Å². The maximum atomic E-state index is 13.3. The van der Waals surface area contributed by atoms with Crippen LogP contribution in [-0.2, 0) is 9.47 Å². The normalized spacial score (nSPS) is 22.2. The van der Waals surface area contributed by atoms with Crippen LogP contribution < -0.4 is 9.47 Å². The van der Waals surface area contributed by atoms with E-state index in [1.165, 1.54) is 13.2 Å². The van der Waals surface area contributed by atoms with Gasteiger partial charge >= 0.3 is 6.61 Å². The number of hydrogen-bond acceptors (Lipinski definition) is 6. The number of hydrogen-bond donors (Lipinski definition) is 0. The van der Waals surface area contributed by atoms with E-state index < -0.39 is 24.5 Å². The Morgan fingerprint density at radius 1 is 1.26 bits per heavy atom. The van der Waals surface area contributed by atoms with Gasteiger partial charge in [0.2, 0.25) is 0 Å². The van der Waals surface area contributed by atoms with Gasteiger partial charge in [0, 0.05) is 29.7 Å². The van der Waals surface area contributed by atoms with Gasteiger partial charge in [0.25, 0.3) is 0 Å². The molecule has 0 N–H and O–H groups in total. The summed E-state index contributed by atoms with van der Waals surface area (Å²) < 4.78 is 62.7. The van der Waals surface area contributed by atoms with Crippen molar-refractivity contribution in [3.63, 3.8) is 0 Å². The van der Waals surface area contributed by atoms with Gasteiger partial charge < -0.3 is 18.9 Å². The Balaban J connectivity index is 1.53. The zero-order valence-corrected chi connectivity index (χ0v) is 18.4. The fraction of sp³-hybridized carbons (Fsp3) is 0.417. The number of benzene rings is 1. The summed E-state index contributed by atoms with van der Waals surface area (Å²) in [5.74, 6) is -1.13. The molecule has 180 valence electrons. The molecule has 3 aromatic rings. The van der Waals surface area contributed by atoms with Gasteiger partial charge in [0.1, 0.15) is 29.3 Å². The first kappa shape index (κ1) is 22.7. The molecule has 1 aromatic carbocycles. The fourth-order valence-electron chi connectivity index (χ4n) is 4.23. The van der Waals surface area contributed by atoms with Crippen molar-refractivity contribution >= 4 is 11.3 Å². The van der Waals surface area contributed by atoms with E-state index >= 15 is 0 Å². The van der Waals surface area contributed by atoms with E-state index in [0.717, 1.165) is 5.56 Å². The summed E-state index contributed by atoms with van der Waals surface area (Å²) in [5.41, 5.74) is 2.61. The van der Waals surface area contributed by atoms with E-state index in [9.17, 15) is 18.0 Å². The lowest BCUT2D eigenvalue weighted by atomic mass is 9.98. The van der Waals surface area contributed by atoms with Gasteiger partial charge in [-0.25, -0.2) is 8.91 Å². The summed E-state index contributed by atoms with van der Waals surface area (Å²) in [4.78, 5) is 12.8. The van der Waals surface area contributed by atoms with E-state index in [1.807, 2.05) is 18.3 Å². The number of nitrogens with zero attached hydrogens (tertiary/aromatic N) is 2. The van der Waals surface area contributed by atoms with E-state index in [-0.39, 0.29) is 29.6 Å². The summed E-state index contributed by atoms with van der Waals surface area (Å²) in [6.45, 7) is -1.63. The molecule has 1 saturated heterocycles. The van der Waals surface area contributed by atoms with Crippen molar-refractivity contribution < 1.29 is 36.9 Å². The first-order valence-electron chi connectivity index (χ1n) is 11.0. The van der Waals surface area contributed by atoms with Crippen LogP contribution >= 0.6 is 0 Å². The number of aromatic nitrogens is 2. The standard InChI is InChI=1S/C24H23F3N2O5/c1-31-20-8-14(9-21(34-24(26)27)23(20)19(30)7-15-6-17(15)25)16-10-28-29-11-13(2-3-18(16)29)22-12-32-4-5-33-22/h2-3,8-11,15,17,22,24H,4-7,12H2,1H3/t15-,17-,22?/m0/s1. The minimum Gasteiger partial charge on any atom is -0.496 e. The topological polar surface area (TPSA) is 71.3 Å². The Bertz CT molecular complexity index is 1210. The highest BCUT2D eigenvalue weighted by Crippen LogP contribution is 2.42. The highest BCUT2D eigenvalue weighted by Gasteiger charge is 2.40. The van der Waals surface area contributed by atoms with Gasteiger partial charge in [-0.05, 0) is 30.2 Å². The lowest BCUT2D eigenvalue weighted by Gasteiger charge is -2.23. The summed E-state index contributed by atoms with van der Waals surface area (Å²) in [5, 5.41) is 4.39. The molecule has 2 fully saturated rings. The third-order valence-electron chi connectivity index (χ3n) is 6.10. The number of ether oxygens (including phenoxy) is 4. The Morgan fingerprint density at radius 2 is 2.06 bits per heavy atom. The highest BCUT2D eigenvalue weighted by molar-refractivity contribution is 6.03. The highest BCUT2D eigenvalue weighted by atomic mass is 19.3. The number of fused-ring (bicyclic) bond motifs is 1. The zero-order chi connectivity index (χ0) is 23.8. The molecule has 34 heavy (non-hydrogen) atoms. The van der Waals surface area contributed by atoms with E-state index in [2.05, 4.69) is 5.10 Å². The number of pyridine rings is 1. The lowest BCUT2D eigenvalue weighted by Crippen LogP contribution is -2.22. The predicted molar refractivity (Wildman–Crippen MR) is 115 cm³/mol. The van der Waals surface area contributed by atoms with E-state index in [4.69, 9.17) is 18.9 Å². The molecule has 2 aliphatic rings. The van der Waals surface area contributed by atoms with Gasteiger partial charge in [0.05, 0.1) is 38.6 Å². The van der Waals surface area contributed by atoms with Crippen molar-refractivity contribution in [2.75, 3.05) is 26.9 Å². The Morgan fingerprint density at radius 3 is 2.74 bits per heavy atom. The van der Waals surface area contributed by atoms with Crippen LogP contribution in [0.15, 0.2) is 36.7 Å². The molecular weight excluding hydrogens is 453 g/mol. The number of methoxy groups -OCH3 is 1. The van der Waals surface area contributed by atoms with Crippen molar-refractivity contribution in [3.05, 3.63) is 47.8 Å². The molecule has 0 amide bonds. The number of carbonyl (C=O) groups excluding carboxylic acids is 1. The molecule has 1 aliphatic carbocycles. The fourth-order valence-corrected chi connectivity index (χ4v) is 4.23. The molecule has 0 spiro atoms. The average molecular weight is 476 g/mol. The minimum absolute atomic E-state index is 0.0814. The monoisotopic (exact) mass is 476 g/mol. The molecule has 1 aliphatic heterocycles. The number of carbonyl (C=O) groups is 1. The second-order valence-electron chi connectivity index (χ2n) is 8.35. The van der Waals surface area contributed by atoms with E-state index in [1.54, 1.807) is 16.8 Å². The van der Waals surface area contributed by atoms with Crippen LogP contribution in [0.4, 0.5) is 13.2 Å². The molecule has 0 bridgehead atoms. The Hall–Kier alpha value is -3.11. The summed E-state index contributed by atoms with van der Waals surface area (Å²) >= 11 is 0. The zero-order valence-electron chi connectivity index (χ0n) is 18.4. The van der Waals surface area contributed by atoms with Crippen LogP contribution in [0.25, 0.3) is 16.6 Å². The number of alkyl halides is 3. The van der Waals surface area contributed by atoms with Crippen molar-refractivity contribution in [1.29, 1.82) is 0 Å². The molecule has 5 rings (SSSR count). The molecule has 1 saturated carbocycles. The second-order valence-corrected chi connectivity index (χ2v) is 8.35. The number of halogens is 3. The number of rotatable bonds is 8. The first-order valence-corrected chi connectivity index (χ1v) is 11.0. The number of Topliss-reactive ketones (excluding diaryl/α,β-unsaturated/α-hetero) is 1. The molecular formula is C24H23F3N2O5. The van der Waals surface area contributed by atoms with Crippen LogP contribution in [0, 0.1) is 5.92 Å². The summed E-state index contributed by atoms with van der Waals surface area (Å²) in [7, 11) is 1.34. The maximum absolute atomic E-state index is 13.3. The van der Waals surface area contributed by atoms with Crippen molar-refractivity contribution in [2.45, 2.75) is 31.7 Å². The molecule has 2 aromatic heterocycles. The number of ketones is 1. The van der Waals surface area contributed by atoms with Crippen molar-refractivity contribution in [1.82, 2.24) is 9.61 Å². The third kappa shape index (κ3) is 4.47. The Labute approximate surface area is 193 Å². The second kappa shape index (κ2) is 9.27. The van der Waals surface area contributed by atoms with Gasteiger partial charge in [-0.15, -0.1) is 0 Å². The van der Waals surface area contributed by atoms with Crippen LogP contribution in [-0.4, -0.2) is 55.1 Å². The van der Waals surface area contributed by atoms with Gasteiger partial charge in [-0.2, -0.15) is 13.9 Å². The smallest absolute Gasteiger partial charge is 0.387 e. The molecule has 10 heteroatoms. The molecule has 0 radical (unpaired) electrons. The quantitative estimate of drug-likeness (QED) is 0.442. The molecule has 7 nitrogen and oxygen atoms in total. The van der Waals surface area contributed by atoms with Crippen LogP contribution in [0.1, 0.15) is 34.9 Å². The molecule has 1 unspecified atom stereocenters. The minimum atomic E-state index is -3.15. The summed E-state index contributed by atoms with van der Waals surface area (Å²) in [6, 6.07) is 6.69. The average Bonchev–Trinajstić information content (AvgIpc) is 3.35. The largest absolute Gasteiger partial charge is 0.496 e. The van der Waals surface area contributed by atoms with E-state index in [0.29, 0.717) is 42.9 Å². The SMILES string of the molecule is COc1cc(-c2cnn3cc(C4COCCO4)ccc23)cc(OC(F)F)c1C(=O)C[C@@H]1C[C@@H]1F. The molecule has 3 heterocycles. The summed E-state index contributed by atoms with van der Waals surface area (Å²) in [6.07, 6.45) is 2.38. The van der Waals surface area contributed by atoms with Crippen molar-refractivity contribution in [2.24, 2.45) is 5.92 Å². The lowest BCUT2D eigenvalue weighted by molar-refractivity contribution is -0.0903. The predicted octanol–water partition coefficient (Wildman–Crippen LogP) is 4.63. The third-order valence-corrected chi connectivity index (χ3v) is 6.10. The van der Waals surface area contributed by atoms with Gasteiger partial charge in [-0.3, -0.25) is 4.79 Å². The first-order chi connectivity index (χ1) is 16.4. The van der Waals surface area contributed by atoms with Gasteiger partial charge in [-0.1, -0.05) is 6.07 Å².